The van der Waals surface area contributed by atoms with Crippen LogP contribution in [0.3, 0.4) is 0 Å². The summed E-state index contributed by atoms with van der Waals surface area (Å²) in [7, 11) is 0. The average molecular weight is 371 g/mol. The number of nitrogens with one attached hydrogen (secondary N) is 1. The molecule has 0 amide bonds. The van der Waals surface area contributed by atoms with E-state index in [2.05, 4.69) is 36.2 Å². The standard InChI is InChI=1S/C21H26N2O2S/c1-15-9-10-18(12-16(15)2)22-21(26)23(14-19-7-5-11-25-19)13-17-6-3-4-8-20(17)24/h3-4,6,8-10,12,19,24H,5,7,11,13-14H2,1-2H3,(H,22,26)/t19-/m1/s1. The first-order valence-electron chi connectivity index (χ1n) is 9.04. The van der Waals surface area contributed by atoms with Gasteiger partial charge in [0.2, 0.25) is 0 Å². The maximum absolute atomic E-state index is 10.1. The highest BCUT2D eigenvalue weighted by molar-refractivity contribution is 7.80. The van der Waals surface area contributed by atoms with E-state index in [-0.39, 0.29) is 6.10 Å². The molecule has 2 aromatic carbocycles. The molecule has 2 N–H and O–H groups in total. The van der Waals surface area contributed by atoms with E-state index in [9.17, 15) is 5.11 Å². The van der Waals surface area contributed by atoms with Crippen molar-refractivity contribution in [2.24, 2.45) is 0 Å². The number of hydrogen-bond acceptors (Lipinski definition) is 3. The number of benzene rings is 2. The Bertz CT molecular complexity index is 772. The van der Waals surface area contributed by atoms with Crippen LogP contribution in [-0.2, 0) is 11.3 Å². The Hall–Kier alpha value is -2.11. The van der Waals surface area contributed by atoms with Gasteiger partial charge < -0.3 is 20.1 Å². The van der Waals surface area contributed by atoms with Gasteiger partial charge in [-0.3, -0.25) is 0 Å². The van der Waals surface area contributed by atoms with Gasteiger partial charge in [-0.05, 0) is 68.2 Å². The van der Waals surface area contributed by atoms with Crippen molar-refractivity contribution in [1.29, 1.82) is 0 Å². The van der Waals surface area contributed by atoms with E-state index in [0.717, 1.165) is 30.7 Å². The van der Waals surface area contributed by atoms with E-state index in [1.807, 2.05) is 24.3 Å². The van der Waals surface area contributed by atoms with Gasteiger partial charge in [0.05, 0.1) is 6.10 Å². The number of anilines is 1. The summed E-state index contributed by atoms with van der Waals surface area (Å²) in [6.45, 7) is 6.26. The molecule has 5 heteroatoms. The SMILES string of the molecule is Cc1ccc(NC(=S)N(Cc2ccccc2O)C[C@H]2CCCO2)cc1C. The zero-order valence-electron chi connectivity index (χ0n) is 15.4. The number of nitrogens with zero attached hydrogens (tertiary/aromatic N) is 1. The molecule has 4 nitrogen and oxygen atoms in total. The van der Waals surface area contributed by atoms with Gasteiger partial charge in [0.1, 0.15) is 5.75 Å². The lowest BCUT2D eigenvalue weighted by atomic mass is 10.1. The lowest BCUT2D eigenvalue weighted by molar-refractivity contribution is 0.0904. The molecular formula is C21H26N2O2S. The van der Waals surface area contributed by atoms with Crippen LogP contribution in [-0.4, -0.2) is 34.4 Å². The number of ether oxygens (including phenoxy) is 1. The molecule has 1 atom stereocenters. The van der Waals surface area contributed by atoms with Gasteiger partial charge in [-0.2, -0.15) is 0 Å². The van der Waals surface area contributed by atoms with Crippen LogP contribution in [0.5, 0.6) is 5.75 Å². The average Bonchev–Trinajstić information content (AvgIpc) is 3.12. The number of aryl methyl sites for hydroxylation is 2. The quantitative estimate of drug-likeness (QED) is 0.765. The topological polar surface area (TPSA) is 44.7 Å². The smallest absolute Gasteiger partial charge is 0.173 e. The molecule has 138 valence electrons. The fourth-order valence-electron chi connectivity index (χ4n) is 3.13. The van der Waals surface area contributed by atoms with Crippen LogP contribution in [0.2, 0.25) is 0 Å². The number of aromatic hydroxyl groups is 1. The summed E-state index contributed by atoms with van der Waals surface area (Å²) in [5, 5.41) is 14.1. The minimum atomic E-state index is 0.181. The molecule has 0 spiro atoms. The molecule has 26 heavy (non-hydrogen) atoms. The number of rotatable bonds is 5. The van der Waals surface area contributed by atoms with Crippen molar-refractivity contribution in [3.05, 3.63) is 59.2 Å². The number of phenolic OH excluding ortho intramolecular Hbond substituents is 1. The molecule has 0 radical (unpaired) electrons. The Labute approximate surface area is 160 Å². The molecule has 2 aromatic rings. The first-order chi connectivity index (χ1) is 12.5. The van der Waals surface area contributed by atoms with Gasteiger partial charge in [-0.1, -0.05) is 24.3 Å². The molecule has 0 bridgehead atoms. The molecule has 1 aliphatic heterocycles. The Kier molecular flexibility index (Phi) is 6.12. The van der Waals surface area contributed by atoms with Crippen molar-refractivity contribution in [2.45, 2.75) is 39.3 Å². The summed E-state index contributed by atoms with van der Waals surface area (Å²) in [4.78, 5) is 2.08. The van der Waals surface area contributed by atoms with Crippen LogP contribution in [0.1, 0.15) is 29.5 Å². The third-order valence-corrected chi connectivity index (χ3v) is 5.21. The predicted molar refractivity (Wildman–Crippen MR) is 110 cm³/mol. The van der Waals surface area contributed by atoms with Crippen LogP contribution in [0.4, 0.5) is 5.69 Å². The zero-order valence-corrected chi connectivity index (χ0v) is 16.2. The predicted octanol–water partition coefficient (Wildman–Crippen LogP) is 4.39. The number of thiocarbonyl (C=S) groups is 1. The second-order valence-corrected chi connectivity index (χ2v) is 7.26. The van der Waals surface area contributed by atoms with Crippen molar-refractivity contribution in [3.8, 4) is 5.75 Å². The van der Waals surface area contributed by atoms with E-state index in [1.165, 1.54) is 11.1 Å². The van der Waals surface area contributed by atoms with Crippen molar-refractivity contribution < 1.29 is 9.84 Å². The fraction of sp³-hybridized carbons (Fsp3) is 0.381. The van der Waals surface area contributed by atoms with E-state index in [4.69, 9.17) is 17.0 Å². The minimum absolute atomic E-state index is 0.181. The molecule has 1 fully saturated rings. The molecule has 0 aromatic heterocycles. The van der Waals surface area contributed by atoms with Gasteiger partial charge >= 0.3 is 0 Å². The first kappa shape index (κ1) is 18.7. The Morgan fingerprint density at radius 2 is 2.04 bits per heavy atom. The molecule has 1 saturated heterocycles. The third kappa shape index (κ3) is 4.74. The minimum Gasteiger partial charge on any atom is -0.508 e. The molecule has 0 unspecified atom stereocenters. The molecular weight excluding hydrogens is 344 g/mol. The normalized spacial score (nSPS) is 16.5. The number of hydrogen-bond donors (Lipinski definition) is 2. The van der Waals surface area contributed by atoms with Crippen LogP contribution in [0, 0.1) is 13.8 Å². The van der Waals surface area contributed by atoms with Gasteiger partial charge in [0.25, 0.3) is 0 Å². The zero-order chi connectivity index (χ0) is 18.5. The summed E-state index contributed by atoms with van der Waals surface area (Å²) in [5.74, 6) is 0.291. The van der Waals surface area contributed by atoms with E-state index < -0.39 is 0 Å². The third-order valence-electron chi connectivity index (χ3n) is 4.85. The van der Waals surface area contributed by atoms with Crippen LogP contribution in [0.25, 0.3) is 0 Å². The van der Waals surface area contributed by atoms with E-state index in [1.54, 1.807) is 6.07 Å². The molecule has 1 heterocycles. The highest BCUT2D eigenvalue weighted by Crippen LogP contribution is 2.22. The van der Waals surface area contributed by atoms with Crippen molar-refractivity contribution in [2.75, 3.05) is 18.5 Å². The lowest BCUT2D eigenvalue weighted by Gasteiger charge is -2.28. The summed E-state index contributed by atoms with van der Waals surface area (Å²) >= 11 is 5.69. The number of para-hydroxylation sites is 1. The summed E-state index contributed by atoms with van der Waals surface area (Å²) < 4.78 is 5.80. The van der Waals surface area contributed by atoms with E-state index in [0.29, 0.717) is 24.0 Å². The summed E-state index contributed by atoms with van der Waals surface area (Å²) in [5.41, 5.74) is 4.32. The molecule has 0 saturated carbocycles. The van der Waals surface area contributed by atoms with Crippen molar-refractivity contribution in [3.63, 3.8) is 0 Å². The summed E-state index contributed by atoms with van der Waals surface area (Å²) in [6.07, 6.45) is 2.32. The van der Waals surface area contributed by atoms with Crippen LogP contribution in [0.15, 0.2) is 42.5 Å². The Morgan fingerprint density at radius 3 is 2.73 bits per heavy atom. The maximum Gasteiger partial charge on any atom is 0.173 e. The monoisotopic (exact) mass is 370 g/mol. The Balaban J connectivity index is 1.75. The van der Waals surface area contributed by atoms with Gasteiger partial charge in [0, 0.05) is 30.9 Å². The van der Waals surface area contributed by atoms with Crippen molar-refractivity contribution >= 4 is 23.0 Å². The molecule has 1 aliphatic rings. The maximum atomic E-state index is 10.1. The fourth-order valence-corrected chi connectivity index (χ4v) is 3.38. The van der Waals surface area contributed by atoms with Crippen LogP contribution < -0.4 is 5.32 Å². The van der Waals surface area contributed by atoms with E-state index >= 15 is 0 Å². The second-order valence-electron chi connectivity index (χ2n) is 6.87. The number of phenols is 1. The van der Waals surface area contributed by atoms with Crippen molar-refractivity contribution in [1.82, 2.24) is 4.90 Å². The molecule has 0 aliphatic carbocycles. The summed E-state index contributed by atoms with van der Waals surface area (Å²) in [6, 6.07) is 13.6. The van der Waals surface area contributed by atoms with Crippen LogP contribution >= 0.6 is 12.2 Å². The highest BCUT2D eigenvalue weighted by atomic mass is 32.1. The van der Waals surface area contributed by atoms with Gasteiger partial charge in [0.15, 0.2) is 5.11 Å². The first-order valence-corrected chi connectivity index (χ1v) is 9.45. The lowest BCUT2D eigenvalue weighted by Crippen LogP contribution is -2.39. The largest absolute Gasteiger partial charge is 0.508 e. The molecule has 3 rings (SSSR count). The second kappa shape index (κ2) is 8.52. The highest BCUT2D eigenvalue weighted by Gasteiger charge is 2.22. The van der Waals surface area contributed by atoms with Gasteiger partial charge in [-0.15, -0.1) is 0 Å². The van der Waals surface area contributed by atoms with Gasteiger partial charge in [-0.25, -0.2) is 0 Å². The Morgan fingerprint density at radius 1 is 1.23 bits per heavy atom.